The number of pyridine rings is 1. The van der Waals surface area contributed by atoms with E-state index in [1.807, 2.05) is 6.92 Å². The lowest BCUT2D eigenvalue weighted by Gasteiger charge is -2.37. The van der Waals surface area contributed by atoms with Crippen molar-refractivity contribution in [2.24, 2.45) is 5.73 Å². The van der Waals surface area contributed by atoms with Crippen LogP contribution >= 0.6 is 0 Å². The first-order chi connectivity index (χ1) is 9.82. The predicted octanol–water partition coefficient (Wildman–Crippen LogP) is 2.91. The van der Waals surface area contributed by atoms with Crippen LogP contribution in [-0.4, -0.2) is 20.6 Å². The minimum Gasteiger partial charge on any atom is -0.327 e. The van der Waals surface area contributed by atoms with Gasteiger partial charge in [0.05, 0.1) is 5.56 Å². The molecule has 2 aromatic heterocycles. The van der Waals surface area contributed by atoms with Gasteiger partial charge in [0.1, 0.15) is 5.82 Å². The Labute approximate surface area is 120 Å². The second-order valence-electron chi connectivity index (χ2n) is 5.94. The van der Waals surface area contributed by atoms with Crippen LogP contribution in [0, 0.1) is 0 Å². The van der Waals surface area contributed by atoms with Gasteiger partial charge >= 0.3 is 6.18 Å². The summed E-state index contributed by atoms with van der Waals surface area (Å²) < 4.78 is 40.1. The molecule has 0 saturated heterocycles. The van der Waals surface area contributed by atoms with E-state index in [1.165, 1.54) is 10.5 Å². The molecule has 2 atom stereocenters. The van der Waals surface area contributed by atoms with E-state index in [-0.39, 0.29) is 6.04 Å². The van der Waals surface area contributed by atoms with Crippen LogP contribution in [-0.2, 0) is 11.6 Å². The highest BCUT2D eigenvalue weighted by molar-refractivity contribution is 5.41. The fourth-order valence-electron chi connectivity index (χ4n) is 3.09. The minimum atomic E-state index is -4.38. The van der Waals surface area contributed by atoms with Crippen LogP contribution in [0.3, 0.4) is 0 Å². The Balaban J connectivity index is 2.14. The maximum Gasteiger partial charge on any atom is 0.417 e. The number of rotatable bonds is 1. The number of nitrogens with two attached hydrogens (primary N) is 1. The molecular formula is C14H17F3N4. The van der Waals surface area contributed by atoms with Crippen molar-refractivity contribution < 1.29 is 13.2 Å². The summed E-state index contributed by atoms with van der Waals surface area (Å²) in [5, 5.41) is 8.12. The first-order valence-corrected chi connectivity index (χ1v) is 7.00. The van der Waals surface area contributed by atoms with Crippen molar-refractivity contribution in [1.82, 2.24) is 14.6 Å². The lowest BCUT2D eigenvalue weighted by Crippen LogP contribution is -2.46. The fraction of sp³-hybridized carbons (Fsp3) is 0.571. The highest BCUT2D eigenvalue weighted by Gasteiger charge is 2.40. The molecule has 2 N–H and O–H groups in total. The van der Waals surface area contributed by atoms with Gasteiger partial charge in [-0.1, -0.05) is 19.8 Å². The molecule has 114 valence electrons. The van der Waals surface area contributed by atoms with Gasteiger partial charge < -0.3 is 5.73 Å². The molecule has 1 aliphatic rings. The van der Waals surface area contributed by atoms with Crippen LogP contribution in [0.1, 0.15) is 44.0 Å². The van der Waals surface area contributed by atoms with E-state index in [0.29, 0.717) is 11.5 Å². The Morgan fingerprint density at radius 3 is 2.71 bits per heavy atom. The zero-order valence-electron chi connectivity index (χ0n) is 11.7. The van der Waals surface area contributed by atoms with Crippen molar-refractivity contribution in [2.45, 2.75) is 50.2 Å². The lowest BCUT2D eigenvalue weighted by molar-refractivity contribution is -0.137. The molecule has 1 fully saturated rings. The number of nitrogens with zero attached hydrogens (tertiary/aromatic N) is 3. The molecule has 2 heterocycles. The van der Waals surface area contributed by atoms with E-state index < -0.39 is 17.2 Å². The molecule has 0 spiro atoms. The first-order valence-electron chi connectivity index (χ1n) is 7.00. The van der Waals surface area contributed by atoms with Gasteiger partial charge in [-0.2, -0.15) is 13.2 Å². The fourth-order valence-corrected chi connectivity index (χ4v) is 3.09. The summed E-state index contributed by atoms with van der Waals surface area (Å²) in [7, 11) is 0. The molecule has 0 aromatic carbocycles. The first kappa shape index (κ1) is 14.3. The number of hydrogen-bond donors (Lipinski definition) is 1. The number of fused-ring (bicyclic) bond motifs is 1. The van der Waals surface area contributed by atoms with Gasteiger partial charge in [-0.3, -0.25) is 4.40 Å². The second-order valence-corrected chi connectivity index (χ2v) is 5.94. The van der Waals surface area contributed by atoms with E-state index in [2.05, 4.69) is 10.2 Å². The Bertz CT molecular complexity index is 664. The van der Waals surface area contributed by atoms with Crippen molar-refractivity contribution in [3.63, 3.8) is 0 Å². The van der Waals surface area contributed by atoms with E-state index in [9.17, 15) is 13.2 Å². The van der Waals surface area contributed by atoms with Crippen molar-refractivity contribution in [1.29, 1.82) is 0 Å². The van der Waals surface area contributed by atoms with E-state index in [0.717, 1.165) is 37.9 Å². The van der Waals surface area contributed by atoms with E-state index in [4.69, 9.17) is 5.73 Å². The number of hydrogen-bond acceptors (Lipinski definition) is 3. The molecule has 0 bridgehead atoms. The predicted molar refractivity (Wildman–Crippen MR) is 71.8 cm³/mol. The van der Waals surface area contributed by atoms with Gasteiger partial charge in [-0.05, 0) is 25.0 Å². The monoisotopic (exact) mass is 298 g/mol. The van der Waals surface area contributed by atoms with Crippen LogP contribution in [0.15, 0.2) is 18.3 Å². The summed E-state index contributed by atoms with van der Waals surface area (Å²) in [6.45, 7) is 1.97. The van der Waals surface area contributed by atoms with Crippen molar-refractivity contribution in [2.75, 3.05) is 0 Å². The molecule has 0 amide bonds. The molecule has 4 nitrogen and oxygen atoms in total. The summed E-state index contributed by atoms with van der Waals surface area (Å²) in [5.41, 5.74) is 5.48. The Morgan fingerprint density at radius 1 is 1.29 bits per heavy atom. The van der Waals surface area contributed by atoms with Gasteiger partial charge in [-0.25, -0.2) is 0 Å². The van der Waals surface area contributed by atoms with Gasteiger partial charge in [0.25, 0.3) is 0 Å². The Morgan fingerprint density at radius 2 is 2.05 bits per heavy atom. The van der Waals surface area contributed by atoms with Crippen molar-refractivity contribution in [3.8, 4) is 0 Å². The molecule has 2 unspecified atom stereocenters. The molecule has 1 aliphatic carbocycles. The molecule has 0 radical (unpaired) electrons. The highest BCUT2D eigenvalue weighted by atomic mass is 19.4. The molecule has 1 saturated carbocycles. The molecule has 3 rings (SSSR count). The van der Waals surface area contributed by atoms with Crippen LogP contribution in [0.25, 0.3) is 5.65 Å². The lowest BCUT2D eigenvalue weighted by atomic mass is 9.71. The smallest absolute Gasteiger partial charge is 0.327 e. The third-order valence-corrected chi connectivity index (χ3v) is 4.52. The maximum absolute atomic E-state index is 12.9. The molecule has 7 heteroatoms. The summed E-state index contributed by atoms with van der Waals surface area (Å²) in [5.74, 6) is 0.524. The largest absolute Gasteiger partial charge is 0.417 e. The maximum atomic E-state index is 12.9. The number of alkyl halides is 3. The quantitative estimate of drug-likeness (QED) is 0.880. The molecule has 21 heavy (non-hydrogen) atoms. The molecule has 2 aromatic rings. The van der Waals surface area contributed by atoms with Gasteiger partial charge in [-0.15, -0.1) is 10.2 Å². The Hall–Kier alpha value is -1.63. The summed E-state index contributed by atoms with van der Waals surface area (Å²) in [6, 6.07) is 2.25. The van der Waals surface area contributed by atoms with Crippen LogP contribution < -0.4 is 5.73 Å². The number of aromatic nitrogens is 3. The second kappa shape index (κ2) is 4.69. The normalized spacial score (nSPS) is 27.2. The minimum absolute atomic E-state index is 0.117. The summed E-state index contributed by atoms with van der Waals surface area (Å²) >= 11 is 0. The summed E-state index contributed by atoms with van der Waals surface area (Å²) in [6.07, 6.45) is 0.386. The topological polar surface area (TPSA) is 56.2 Å². The zero-order valence-corrected chi connectivity index (χ0v) is 11.7. The van der Waals surface area contributed by atoms with E-state index in [1.54, 1.807) is 0 Å². The Kier molecular flexibility index (Phi) is 3.20. The van der Waals surface area contributed by atoms with Gasteiger partial charge in [0, 0.05) is 17.7 Å². The van der Waals surface area contributed by atoms with Crippen LogP contribution in [0.5, 0.6) is 0 Å². The van der Waals surface area contributed by atoms with E-state index >= 15 is 0 Å². The SMILES string of the molecule is CC1(c2nnc3ccc(C(F)(F)F)cn23)CCCCC1N. The average Bonchev–Trinajstić information content (AvgIpc) is 2.84. The third-order valence-electron chi connectivity index (χ3n) is 4.52. The molecular weight excluding hydrogens is 281 g/mol. The van der Waals surface area contributed by atoms with Gasteiger partial charge in [0.15, 0.2) is 5.65 Å². The van der Waals surface area contributed by atoms with Crippen molar-refractivity contribution in [3.05, 3.63) is 29.7 Å². The molecule has 0 aliphatic heterocycles. The highest BCUT2D eigenvalue weighted by Crippen LogP contribution is 2.38. The summed E-state index contributed by atoms with van der Waals surface area (Å²) in [4.78, 5) is 0. The van der Waals surface area contributed by atoms with Gasteiger partial charge in [0.2, 0.25) is 0 Å². The standard InChI is InChI=1S/C14H17F3N4/c1-13(7-3-2-4-10(13)18)12-20-19-11-6-5-9(8-21(11)12)14(15,16)17/h5-6,8,10H,2-4,7,18H2,1H3. The third kappa shape index (κ3) is 2.29. The average molecular weight is 298 g/mol. The zero-order chi connectivity index (χ0) is 15.3. The van der Waals surface area contributed by atoms with Crippen LogP contribution in [0.2, 0.25) is 0 Å². The van der Waals surface area contributed by atoms with Crippen LogP contribution in [0.4, 0.5) is 13.2 Å². The van der Waals surface area contributed by atoms with Crippen molar-refractivity contribution >= 4 is 5.65 Å². The number of halogens is 3.